The fraction of sp³-hybridized carbons (Fsp3) is 0.200. The molecular formula is C15H11ClF2O2. The Balaban J connectivity index is 1.98. The number of hydrogen-bond acceptors (Lipinski definition) is 2. The number of aliphatic hydroxyl groups excluding tert-OH is 1. The molecule has 0 saturated carbocycles. The quantitative estimate of drug-likeness (QED) is 0.855. The predicted octanol–water partition coefficient (Wildman–Crippen LogP) is 4.18. The Bertz CT molecular complexity index is 640. The maximum absolute atomic E-state index is 13.4. The summed E-state index contributed by atoms with van der Waals surface area (Å²) >= 11 is 5.81. The van der Waals surface area contributed by atoms with Gasteiger partial charge in [0.1, 0.15) is 23.5 Å². The van der Waals surface area contributed by atoms with Crippen molar-refractivity contribution in [2.45, 2.75) is 18.6 Å². The van der Waals surface area contributed by atoms with Crippen LogP contribution in [0, 0.1) is 11.6 Å². The van der Waals surface area contributed by atoms with Crippen LogP contribution in [0.2, 0.25) is 5.02 Å². The monoisotopic (exact) mass is 296 g/mol. The number of ether oxygens (including phenoxy) is 1. The topological polar surface area (TPSA) is 29.5 Å². The minimum atomic E-state index is -0.786. The lowest BCUT2D eigenvalue weighted by Gasteiger charge is -2.30. The zero-order valence-corrected chi connectivity index (χ0v) is 11.1. The lowest BCUT2D eigenvalue weighted by atomic mass is 9.95. The van der Waals surface area contributed by atoms with Crippen molar-refractivity contribution in [3.8, 4) is 5.75 Å². The highest BCUT2D eigenvalue weighted by atomic mass is 35.5. The van der Waals surface area contributed by atoms with Crippen LogP contribution < -0.4 is 4.74 Å². The van der Waals surface area contributed by atoms with E-state index in [1.54, 1.807) is 6.07 Å². The zero-order valence-electron chi connectivity index (χ0n) is 10.3. The van der Waals surface area contributed by atoms with E-state index >= 15 is 0 Å². The smallest absolute Gasteiger partial charge is 0.128 e. The first-order valence-corrected chi connectivity index (χ1v) is 6.51. The van der Waals surface area contributed by atoms with Crippen molar-refractivity contribution in [3.05, 3.63) is 64.2 Å². The van der Waals surface area contributed by atoms with E-state index in [0.29, 0.717) is 11.1 Å². The van der Waals surface area contributed by atoms with Crippen LogP contribution in [0.4, 0.5) is 8.78 Å². The van der Waals surface area contributed by atoms with Gasteiger partial charge in [0.2, 0.25) is 0 Å². The fourth-order valence-electron chi connectivity index (χ4n) is 2.38. The van der Waals surface area contributed by atoms with Gasteiger partial charge in [-0.1, -0.05) is 11.6 Å². The molecule has 2 unspecified atom stereocenters. The van der Waals surface area contributed by atoms with Crippen molar-refractivity contribution in [1.82, 2.24) is 0 Å². The lowest BCUT2D eigenvalue weighted by Crippen LogP contribution is -2.19. The molecule has 2 aromatic carbocycles. The van der Waals surface area contributed by atoms with Crippen LogP contribution in [-0.4, -0.2) is 5.11 Å². The minimum absolute atomic E-state index is 0.253. The van der Waals surface area contributed by atoms with Gasteiger partial charge in [-0.3, -0.25) is 0 Å². The lowest BCUT2D eigenvalue weighted by molar-refractivity contribution is 0.0652. The van der Waals surface area contributed by atoms with E-state index in [1.807, 2.05) is 0 Å². The van der Waals surface area contributed by atoms with Crippen molar-refractivity contribution < 1.29 is 18.6 Å². The van der Waals surface area contributed by atoms with E-state index in [4.69, 9.17) is 16.3 Å². The summed E-state index contributed by atoms with van der Waals surface area (Å²) in [4.78, 5) is 0. The minimum Gasteiger partial charge on any atom is -0.485 e. The average molecular weight is 297 g/mol. The SMILES string of the molecule is OC1CC(c2cc(F)cc(Cl)c2)Oc2cc(F)ccc21. The molecule has 2 nitrogen and oxygen atoms in total. The maximum Gasteiger partial charge on any atom is 0.128 e. The average Bonchev–Trinajstić information content (AvgIpc) is 2.36. The third-order valence-electron chi connectivity index (χ3n) is 3.30. The van der Waals surface area contributed by atoms with Crippen LogP contribution in [0.3, 0.4) is 0 Å². The van der Waals surface area contributed by atoms with Crippen LogP contribution in [0.15, 0.2) is 36.4 Å². The van der Waals surface area contributed by atoms with Gasteiger partial charge < -0.3 is 9.84 Å². The van der Waals surface area contributed by atoms with Gasteiger partial charge in [-0.2, -0.15) is 0 Å². The summed E-state index contributed by atoms with van der Waals surface area (Å²) in [5, 5.41) is 10.3. The first kappa shape index (κ1) is 13.3. The molecule has 0 bridgehead atoms. The number of benzene rings is 2. The first-order chi connectivity index (χ1) is 9.52. The second kappa shape index (κ2) is 5.04. The van der Waals surface area contributed by atoms with Gasteiger partial charge in [0, 0.05) is 23.1 Å². The van der Waals surface area contributed by atoms with Crippen molar-refractivity contribution in [2.75, 3.05) is 0 Å². The molecular weight excluding hydrogens is 286 g/mol. The summed E-state index contributed by atoms with van der Waals surface area (Å²) in [7, 11) is 0. The van der Waals surface area contributed by atoms with E-state index in [2.05, 4.69) is 0 Å². The molecule has 0 radical (unpaired) electrons. The Morgan fingerprint density at radius 3 is 2.65 bits per heavy atom. The summed E-state index contributed by atoms with van der Waals surface area (Å²) in [5.41, 5.74) is 1.05. The van der Waals surface area contributed by atoms with Crippen LogP contribution >= 0.6 is 11.6 Å². The largest absolute Gasteiger partial charge is 0.485 e. The van der Waals surface area contributed by atoms with Gasteiger partial charge in [0.25, 0.3) is 0 Å². The van der Waals surface area contributed by atoms with Crippen LogP contribution in [0.25, 0.3) is 0 Å². The molecule has 0 spiro atoms. The van der Waals surface area contributed by atoms with Gasteiger partial charge in [0.15, 0.2) is 0 Å². The number of aliphatic hydroxyl groups is 1. The Morgan fingerprint density at radius 1 is 1.10 bits per heavy atom. The maximum atomic E-state index is 13.4. The Morgan fingerprint density at radius 2 is 1.90 bits per heavy atom. The number of fused-ring (bicyclic) bond motifs is 1. The standard InChI is InChI=1S/C15H11ClF2O2/c16-9-3-8(4-11(18)5-9)14-7-13(19)12-2-1-10(17)6-15(12)20-14/h1-6,13-14,19H,7H2. The molecule has 1 heterocycles. The molecule has 0 aliphatic carbocycles. The highest BCUT2D eigenvalue weighted by Crippen LogP contribution is 2.41. The van der Waals surface area contributed by atoms with Crippen molar-refractivity contribution in [2.24, 2.45) is 0 Å². The van der Waals surface area contributed by atoms with Crippen LogP contribution in [0.1, 0.15) is 29.8 Å². The summed E-state index contributed by atoms with van der Waals surface area (Å²) in [6, 6.07) is 8.04. The molecule has 3 rings (SSSR count). The van der Waals surface area contributed by atoms with E-state index in [9.17, 15) is 13.9 Å². The highest BCUT2D eigenvalue weighted by molar-refractivity contribution is 6.30. The molecule has 104 valence electrons. The number of rotatable bonds is 1. The Hall–Kier alpha value is -1.65. The highest BCUT2D eigenvalue weighted by Gasteiger charge is 2.28. The molecule has 0 saturated heterocycles. The molecule has 1 aliphatic heterocycles. The Labute approximate surface area is 119 Å². The van der Waals surface area contributed by atoms with Gasteiger partial charge in [-0.25, -0.2) is 8.78 Å². The normalized spacial score (nSPS) is 21.2. The molecule has 2 atom stereocenters. The number of hydrogen-bond donors (Lipinski definition) is 1. The molecule has 0 amide bonds. The first-order valence-electron chi connectivity index (χ1n) is 6.13. The van der Waals surface area contributed by atoms with Crippen LogP contribution in [-0.2, 0) is 0 Å². The van der Waals surface area contributed by atoms with Gasteiger partial charge in [0.05, 0.1) is 6.10 Å². The summed E-state index contributed by atoms with van der Waals surface area (Å²) in [6.45, 7) is 0. The molecule has 5 heteroatoms. The second-order valence-electron chi connectivity index (χ2n) is 4.74. The zero-order chi connectivity index (χ0) is 14.3. The molecule has 2 aromatic rings. The van der Waals surface area contributed by atoms with E-state index < -0.39 is 23.8 Å². The summed E-state index contributed by atoms with van der Waals surface area (Å²) in [6.07, 6.45) is -1.09. The van der Waals surface area contributed by atoms with E-state index in [-0.39, 0.29) is 17.2 Å². The van der Waals surface area contributed by atoms with E-state index in [0.717, 1.165) is 0 Å². The van der Waals surface area contributed by atoms with Crippen molar-refractivity contribution in [3.63, 3.8) is 0 Å². The van der Waals surface area contributed by atoms with E-state index in [1.165, 1.54) is 30.3 Å². The third kappa shape index (κ3) is 2.49. The molecule has 1 aliphatic rings. The molecule has 20 heavy (non-hydrogen) atoms. The van der Waals surface area contributed by atoms with Crippen LogP contribution in [0.5, 0.6) is 5.75 Å². The molecule has 1 N–H and O–H groups in total. The third-order valence-corrected chi connectivity index (χ3v) is 3.52. The van der Waals surface area contributed by atoms with Gasteiger partial charge in [-0.15, -0.1) is 0 Å². The van der Waals surface area contributed by atoms with Crippen molar-refractivity contribution in [1.29, 1.82) is 0 Å². The summed E-state index contributed by atoms with van der Waals surface area (Å²) in [5.74, 6) is -0.654. The van der Waals surface area contributed by atoms with Crippen molar-refractivity contribution >= 4 is 11.6 Å². The molecule has 0 fully saturated rings. The number of halogens is 3. The summed E-state index contributed by atoms with van der Waals surface area (Å²) < 4.78 is 32.3. The predicted molar refractivity (Wildman–Crippen MR) is 70.8 cm³/mol. The fourth-order valence-corrected chi connectivity index (χ4v) is 2.61. The second-order valence-corrected chi connectivity index (χ2v) is 5.18. The van der Waals surface area contributed by atoms with Gasteiger partial charge in [-0.05, 0) is 35.9 Å². The molecule has 0 aromatic heterocycles. The van der Waals surface area contributed by atoms with Gasteiger partial charge >= 0.3 is 0 Å². The Kier molecular flexibility index (Phi) is 3.36.